The second kappa shape index (κ2) is 3.90. The number of hydrogen-bond acceptors (Lipinski definition) is 2. The van der Waals surface area contributed by atoms with Crippen molar-refractivity contribution in [3.8, 4) is 0 Å². The van der Waals surface area contributed by atoms with Crippen molar-refractivity contribution < 1.29 is 4.42 Å². The second-order valence-corrected chi connectivity index (χ2v) is 2.75. The molecule has 1 rings (SSSR count). The van der Waals surface area contributed by atoms with Gasteiger partial charge in [0.15, 0.2) is 5.43 Å². The first-order valence-electron chi connectivity index (χ1n) is 4.08. The summed E-state index contributed by atoms with van der Waals surface area (Å²) in [6.07, 6.45) is 5.34. The van der Waals surface area contributed by atoms with Gasteiger partial charge < -0.3 is 4.42 Å². The maximum atomic E-state index is 11.4. The summed E-state index contributed by atoms with van der Waals surface area (Å²) in [5, 5.41) is 0.517. The van der Waals surface area contributed by atoms with Crippen molar-refractivity contribution in [1.29, 1.82) is 0 Å². The van der Waals surface area contributed by atoms with Crippen molar-refractivity contribution in [2.45, 2.75) is 13.8 Å². The Kier molecular flexibility index (Phi) is 2.85. The maximum absolute atomic E-state index is 11.4. The molecule has 0 N–H and O–H groups in total. The third kappa shape index (κ3) is 2.18. The Morgan fingerprint density at radius 1 is 1.54 bits per heavy atom. The number of allylic oxidation sites excluding steroid dienone is 2. The van der Waals surface area contributed by atoms with Crippen LogP contribution in [0.5, 0.6) is 0 Å². The normalized spacial score (nSPS) is 12.6. The van der Waals surface area contributed by atoms with Crippen LogP contribution in [-0.2, 0) is 0 Å². The van der Waals surface area contributed by atoms with E-state index in [1.807, 2.05) is 13.0 Å². The first-order chi connectivity index (χ1) is 6.15. The van der Waals surface area contributed by atoms with Crippen LogP contribution >= 0.6 is 0 Å². The van der Waals surface area contributed by atoms with Gasteiger partial charge in [0, 0.05) is 6.07 Å². The van der Waals surface area contributed by atoms with Gasteiger partial charge in [0.25, 0.3) is 0 Å². The largest absolute Gasteiger partial charge is 0.462 e. The van der Waals surface area contributed by atoms with Crippen LogP contribution in [0.2, 0.25) is 0 Å². The van der Waals surface area contributed by atoms with Crippen LogP contribution in [0.3, 0.4) is 0 Å². The summed E-state index contributed by atoms with van der Waals surface area (Å²) in [4.78, 5) is 11.4. The molecule has 2 heteroatoms. The van der Waals surface area contributed by atoms with E-state index in [1.54, 1.807) is 19.1 Å². The number of hydrogen-bond donors (Lipinski definition) is 0. The minimum absolute atomic E-state index is 0.0492. The third-order valence-corrected chi connectivity index (χ3v) is 1.64. The zero-order valence-electron chi connectivity index (χ0n) is 7.83. The molecule has 1 heterocycles. The van der Waals surface area contributed by atoms with Gasteiger partial charge in [0.1, 0.15) is 11.2 Å². The molecular formula is C11H12O2. The zero-order valence-corrected chi connectivity index (χ0v) is 7.83. The lowest BCUT2D eigenvalue weighted by molar-refractivity contribution is 0.479. The molecule has 0 radical (unpaired) electrons. The predicted molar refractivity (Wildman–Crippen MR) is 53.8 cm³/mol. The first-order valence-corrected chi connectivity index (χ1v) is 4.08. The highest BCUT2D eigenvalue weighted by atomic mass is 16.3. The Balaban J connectivity index is 3.57. The molecule has 0 atom stereocenters. The molecule has 2 nitrogen and oxygen atoms in total. The summed E-state index contributed by atoms with van der Waals surface area (Å²) in [6, 6.07) is 1.46. The number of aryl methyl sites for hydroxylation is 1. The van der Waals surface area contributed by atoms with Gasteiger partial charge in [-0.1, -0.05) is 18.7 Å². The quantitative estimate of drug-likeness (QED) is 0.631. The molecule has 0 aliphatic carbocycles. The second-order valence-electron chi connectivity index (χ2n) is 2.75. The van der Waals surface area contributed by atoms with Crippen LogP contribution in [0.4, 0.5) is 0 Å². The van der Waals surface area contributed by atoms with Crippen molar-refractivity contribution in [1.82, 2.24) is 0 Å². The van der Waals surface area contributed by atoms with Crippen molar-refractivity contribution in [2.24, 2.45) is 0 Å². The molecule has 0 bridgehead atoms. The van der Waals surface area contributed by atoms with E-state index in [4.69, 9.17) is 4.42 Å². The molecule has 0 aromatic carbocycles. The minimum atomic E-state index is -0.0492. The van der Waals surface area contributed by atoms with Crippen LogP contribution in [0.1, 0.15) is 12.7 Å². The Morgan fingerprint density at radius 2 is 2.23 bits per heavy atom. The third-order valence-electron chi connectivity index (χ3n) is 1.64. The van der Waals surface area contributed by atoms with Crippen LogP contribution in [-0.4, -0.2) is 0 Å². The summed E-state index contributed by atoms with van der Waals surface area (Å²) in [6.45, 7) is 7.28. The van der Waals surface area contributed by atoms with Gasteiger partial charge in [0.2, 0.25) is 0 Å². The van der Waals surface area contributed by atoms with E-state index in [0.29, 0.717) is 16.4 Å². The summed E-state index contributed by atoms with van der Waals surface area (Å²) >= 11 is 0. The van der Waals surface area contributed by atoms with Gasteiger partial charge in [-0.15, -0.1) is 0 Å². The highest BCUT2D eigenvalue weighted by Crippen LogP contribution is 1.81. The number of rotatable bonds is 1. The van der Waals surface area contributed by atoms with Gasteiger partial charge >= 0.3 is 0 Å². The molecule has 0 aliphatic rings. The summed E-state index contributed by atoms with van der Waals surface area (Å²) in [5.41, 5.74) is 0.370. The lowest BCUT2D eigenvalue weighted by Gasteiger charge is -1.90. The van der Waals surface area contributed by atoms with Crippen molar-refractivity contribution in [3.05, 3.63) is 44.8 Å². The minimum Gasteiger partial charge on any atom is -0.462 e. The van der Waals surface area contributed by atoms with Gasteiger partial charge in [0.05, 0.1) is 5.22 Å². The average molecular weight is 176 g/mol. The molecule has 0 saturated carbocycles. The van der Waals surface area contributed by atoms with Crippen LogP contribution in [0, 0.1) is 6.92 Å². The van der Waals surface area contributed by atoms with Gasteiger partial charge in [-0.2, -0.15) is 0 Å². The maximum Gasteiger partial charge on any atom is 0.192 e. The summed E-state index contributed by atoms with van der Waals surface area (Å²) in [7, 11) is 0. The Morgan fingerprint density at radius 3 is 2.77 bits per heavy atom. The molecule has 0 fully saturated rings. The average Bonchev–Trinajstić information content (AvgIpc) is 2.02. The highest BCUT2D eigenvalue weighted by molar-refractivity contribution is 5.35. The Bertz CT molecular complexity index is 444. The monoisotopic (exact) mass is 176 g/mol. The van der Waals surface area contributed by atoms with Gasteiger partial charge in [-0.3, -0.25) is 4.79 Å². The first kappa shape index (κ1) is 9.52. The molecule has 0 aliphatic heterocycles. The lowest BCUT2D eigenvalue weighted by atomic mass is 10.3. The Labute approximate surface area is 76.5 Å². The lowest BCUT2D eigenvalue weighted by Crippen LogP contribution is -2.37. The van der Waals surface area contributed by atoms with Crippen LogP contribution in [0.25, 0.3) is 12.7 Å². The molecule has 1 aromatic rings. The van der Waals surface area contributed by atoms with E-state index in [9.17, 15) is 4.79 Å². The molecule has 0 spiro atoms. The topological polar surface area (TPSA) is 30.2 Å². The van der Waals surface area contributed by atoms with Gasteiger partial charge in [-0.25, -0.2) is 0 Å². The predicted octanol–water partition coefficient (Wildman–Crippen LogP) is 0.715. The molecule has 68 valence electrons. The summed E-state index contributed by atoms with van der Waals surface area (Å²) in [5.74, 6) is 0.590. The molecule has 0 unspecified atom stereocenters. The molecule has 0 saturated heterocycles. The summed E-state index contributed by atoms with van der Waals surface area (Å²) < 4.78 is 5.21. The molecule has 0 amide bonds. The fourth-order valence-corrected chi connectivity index (χ4v) is 1.05. The van der Waals surface area contributed by atoms with Crippen LogP contribution in [0.15, 0.2) is 27.4 Å². The van der Waals surface area contributed by atoms with Crippen molar-refractivity contribution in [2.75, 3.05) is 0 Å². The molecule has 1 aromatic heterocycles. The van der Waals surface area contributed by atoms with E-state index in [2.05, 4.69) is 6.58 Å². The zero-order chi connectivity index (χ0) is 9.84. The van der Waals surface area contributed by atoms with E-state index in [-0.39, 0.29) is 5.43 Å². The standard InChI is InChI=1S/C11H12O2/c1-4-5-6-10-9(3)13-8(2)7-11(10)12/h4-7H,3H2,1-2H3/b5-4-,10-6+. The smallest absolute Gasteiger partial charge is 0.192 e. The van der Waals surface area contributed by atoms with E-state index < -0.39 is 0 Å². The highest BCUT2D eigenvalue weighted by Gasteiger charge is 1.93. The van der Waals surface area contributed by atoms with E-state index >= 15 is 0 Å². The molecular weight excluding hydrogens is 164 g/mol. The SMILES string of the molecule is C=c1oc(C)cc(=O)/c1=C/C=C\C. The van der Waals surface area contributed by atoms with Crippen molar-refractivity contribution >= 4 is 12.7 Å². The van der Waals surface area contributed by atoms with Gasteiger partial charge in [-0.05, 0) is 19.9 Å². The van der Waals surface area contributed by atoms with Crippen molar-refractivity contribution in [3.63, 3.8) is 0 Å². The fraction of sp³-hybridized carbons (Fsp3) is 0.182. The Hall–Kier alpha value is -1.57. The van der Waals surface area contributed by atoms with Crippen LogP contribution < -0.4 is 16.1 Å². The molecule has 13 heavy (non-hydrogen) atoms. The van der Waals surface area contributed by atoms with E-state index in [0.717, 1.165) is 0 Å². The fourth-order valence-electron chi connectivity index (χ4n) is 1.05. The van der Waals surface area contributed by atoms with E-state index in [1.165, 1.54) is 6.07 Å².